The zero-order valence-corrected chi connectivity index (χ0v) is 17.9. The number of nitrogens with zero attached hydrogens (tertiary/aromatic N) is 1. The molecule has 7 heteroatoms. The molecule has 0 aromatic heterocycles. The summed E-state index contributed by atoms with van der Waals surface area (Å²) in [6, 6.07) is 11.7. The summed E-state index contributed by atoms with van der Waals surface area (Å²) in [5.41, 5.74) is 0. The highest BCUT2D eigenvalue weighted by Gasteiger charge is 2.28. The van der Waals surface area contributed by atoms with Crippen LogP contribution in [0, 0.1) is 5.92 Å². The third-order valence-electron chi connectivity index (χ3n) is 4.88. The fraction of sp³-hybridized carbons (Fsp3) is 0.476. The van der Waals surface area contributed by atoms with Gasteiger partial charge in [0.1, 0.15) is 6.04 Å². The summed E-state index contributed by atoms with van der Waals surface area (Å²) < 4.78 is 28.3. The van der Waals surface area contributed by atoms with Crippen molar-refractivity contribution in [3.8, 4) is 0 Å². The number of nitrogens with one attached hydrogen (secondary N) is 2. The van der Waals surface area contributed by atoms with E-state index in [1.165, 1.54) is 0 Å². The Labute approximate surface area is 168 Å². The molecule has 0 heterocycles. The number of hydrogen-bond acceptors (Lipinski definition) is 4. The Hall–Kier alpha value is -1.96. The Kier molecular flexibility index (Phi) is 7.98. The quantitative estimate of drug-likeness (QED) is 0.637. The lowest BCUT2D eigenvalue weighted by Crippen LogP contribution is -2.50. The summed E-state index contributed by atoms with van der Waals surface area (Å²) in [7, 11) is -3.81. The number of rotatable bonds is 10. The molecule has 0 saturated carbocycles. The second kappa shape index (κ2) is 10.0. The van der Waals surface area contributed by atoms with Crippen molar-refractivity contribution >= 4 is 26.7 Å². The van der Waals surface area contributed by atoms with Gasteiger partial charge in [0.25, 0.3) is 0 Å². The van der Waals surface area contributed by atoms with Gasteiger partial charge in [0.15, 0.2) is 0 Å². The highest BCUT2D eigenvalue weighted by molar-refractivity contribution is 7.89. The van der Waals surface area contributed by atoms with E-state index < -0.39 is 16.1 Å². The molecule has 2 N–H and O–H groups in total. The van der Waals surface area contributed by atoms with Crippen molar-refractivity contribution in [1.29, 1.82) is 0 Å². The second-order valence-corrected chi connectivity index (χ2v) is 8.88. The molecule has 2 aromatic rings. The summed E-state index contributed by atoms with van der Waals surface area (Å²) in [5.74, 6) is -0.477. The molecule has 2 aromatic carbocycles. The summed E-state index contributed by atoms with van der Waals surface area (Å²) in [4.78, 5) is 15.0. The summed E-state index contributed by atoms with van der Waals surface area (Å²) >= 11 is 0. The maximum absolute atomic E-state index is 12.9. The van der Waals surface area contributed by atoms with E-state index in [0.717, 1.165) is 30.4 Å². The molecule has 28 heavy (non-hydrogen) atoms. The lowest BCUT2D eigenvalue weighted by Gasteiger charge is -2.23. The normalized spacial score (nSPS) is 13.2. The van der Waals surface area contributed by atoms with Gasteiger partial charge in [-0.05, 0) is 41.9 Å². The Morgan fingerprint density at radius 1 is 1.04 bits per heavy atom. The van der Waals surface area contributed by atoms with Gasteiger partial charge in [0, 0.05) is 13.1 Å². The first-order chi connectivity index (χ1) is 13.3. The zero-order valence-electron chi connectivity index (χ0n) is 17.1. The summed E-state index contributed by atoms with van der Waals surface area (Å²) in [6.07, 6.45) is 0. The molecular weight excluding hydrogens is 374 g/mol. The first-order valence-corrected chi connectivity index (χ1v) is 11.3. The van der Waals surface area contributed by atoms with Gasteiger partial charge in [0.05, 0.1) is 4.90 Å². The molecule has 6 nitrogen and oxygen atoms in total. The predicted octanol–water partition coefficient (Wildman–Crippen LogP) is 2.60. The van der Waals surface area contributed by atoms with Crippen molar-refractivity contribution in [3.05, 3.63) is 42.5 Å². The van der Waals surface area contributed by atoms with Gasteiger partial charge in [-0.2, -0.15) is 4.72 Å². The van der Waals surface area contributed by atoms with Crippen LogP contribution in [0.1, 0.15) is 27.7 Å². The van der Waals surface area contributed by atoms with Crippen LogP contribution in [-0.2, 0) is 14.8 Å². The van der Waals surface area contributed by atoms with Crippen LogP contribution in [0.2, 0.25) is 0 Å². The smallest absolute Gasteiger partial charge is 0.241 e. The van der Waals surface area contributed by atoms with Crippen LogP contribution in [0.3, 0.4) is 0 Å². The van der Waals surface area contributed by atoms with Crippen LogP contribution in [0.5, 0.6) is 0 Å². The van der Waals surface area contributed by atoms with Crippen molar-refractivity contribution in [3.63, 3.8) is 0 Å². The highest BCUT2D eigenvalue weighted by atomic mass is 32.2. The fourth-order valence-corrected chi connectivity index (χ4v) is 4.43. The monoisotopic (exact) mass is 405 g/mol. The Morgan fingerprint density at radius 2 is 1.68 bits per heavy atom. The van der Waals surface area contributed by atoms with Gasteiger partial charge < -0.3 is 10.2 Å². The van der Waals surface area contributed by atoms with Gasteiger partial charge in [-0.15, -0.1) is 0 Å². The number of sulfonamides is 1. The first-order valence-electron chi connectivity index (χ1n) is 9.79. The van der Waals surface area contributed by atoms with Crippen molar-refractivity contribution in [2.24, 2.45) is 5.92 Å². The molecule has 2 rings (SSSR count). The van der Waals surface area contributed by atoms with Crippen LogP contribution in [0.15, 0.2) is 47.4 Å². The number of benzene rings is 2. The van der Waals surface area contributed by atoms with Crippen molar-refractivity contribution in [2.45, 2.75) is 38.6 Å². The minimum absolute atomic E-state index is 0.160. The topological polar surface area (TPSA) is 78.5 Å². The number of amides is 1. The number of carbonyl (C=O) groups is 1. The molecule has 0 spiro atoms. The third kappa shape index (κ3) is 5.77. The molecule has 0 saturated heterocycles. The Bertz CT molecular complexity index is 893. The number of carbonyl (C=O) groups excluding carboxylic acids is 1. The highest BCUT2D eigenvalue weighted by Crippen LogP contribution is 2.19. The molecule has 154 valence electrons. The average molecular weight is 406 g/mol. The minimum Gasteiger partial charge on any atom is -0.353 e. The zero-order chi connectivity index (χ0) is 20.7. The van der Waals surface area contributed by atoms with Crippen LogP contribution in [-0.4, -0.2) is 51.4 Å². The Balaban J connectivity index is 2.11. The van der Waals surface area contributed by atoms with E-state index in [0.29, 0.717) is 6.54 Å². The molecular formula is C21H31N3O3S. The summed E-state index contributed by atoms with van der Waals surface area (Å²) in [6.45, 7) is 10.8. The van der Waals surface area contributed by atoms with E-state index in [4.69, 9.17) is 0 Å². The minimum atomic E-state index is -3.81. The van der Waals surface area contributed by atoms with Gasteiger partial charge in [-0.3, -0.25) is 4.79 Å². The molecule has 0 aliphatic heterocycles. The van der Waals surface area contributed by atoms with Crippen molar-refractivity contribution in [1.82, 2.24) is 14.9 Å². The largest absolute Gasteiger partial charge is 0.353 e. The predicted molar refractivity (Wildman–Crippen MR) is 114 cm³/mol. The van der Waals surface area contributed by atoms with Gasteiger partial charge >= 0.3 is 0 Å². The number of likely N-dealkylation sites (N-methyl/N-ethyl adjacent to an activating group) is 1. The van der Waals surface area contributed by atoms with Crippen molar-refractivity contribution in [2.75, 3.05) is 26.2 Å². The standard InChI is InChI=1S/C21H31N3O3S/c1-5-24(6-2)14-13-22-21(25)20(16(3)4)23-28(26,27)19-12-11-17-9-7-8-10-18(17)15-19/h7-12,15-16,20,23H,5-6,13-14H2,1-4H3,(H,22,25)/t20-/m0/s1. The molecule has 0 unspecified atom stereocenters. The Morgan fingerprint density at radius 3 is 2.29 bits per heavy atom. The maximum Gasteiger partial charge on any atom is 0.241 e. The van der Waals surface area contributed by atoms with E-state index in [1.54, 1.807) is 18.2 Å². The number of fused-ring (bicyclic) bond motifs is 1. The molecule has 0 fully saturated rings. The summed E-state index contributed by atoms with van der Waals surface area (Å²) in [5, 5.41) is 4.67. The average Bonchev–Trinajstić information content (AvgIpc) is 2.68. The van der Waals surface area contributed by atoms with Gasteiger partial charge in [0.2, 0.25) is 15.9 Å². The maximum atomic E-state index is 12.9. The van der Waals surface area contributed by atoms with E-state index >= 15 is 0 Å². The number of hydrogen-bond donors (Lipinski definition) is 2. The van der Waals surface area contributed by atoms with E-state index in [1.807, 2.05) is 38.1 Å². The van der Waals surface area contributed by atoms with Crippen LogP contribution in [0.25, 0.3) is 10.8 Å². The van der Waals surface area contributed by atoms with Gasteiger partial charge in [-0.1, -0.05) is 58.0 Å². The van der Waals surface area contributed by atoms with E-state index in [9.17, 15) is 13.2 Å². The molecule has 0 aliphatic carbocycles. The molecule has 1 atom stereocenters. The lowest BCUT2D eigenvalue weighted by atomic mass is 10.1. The molecule has 1 amide bonds. The first kappa shape index (κ1) is 22.3. The second-order valence-electron chi connectivity index (χ2n) is 7.17. The molecule has 0 aliphatic rings. The molecule has 0 radical (unpaired) electrons. The van der Waals surface area contributed by atoms with Gasteiger partial charge in [-0.25, -0.2) is 8.42 Å². The van der Waals surface area contributed by atoms with Crippen LogP contribution >= 0.6 is 0 Å². The van der Waals surface area contributed by atoms with Crippen molar-refractivity contribution < 1.29 is 13.2 Å². The van der Waals surface area contributed by atoms with E-state index in [2.05, 4.69) is 28.8 Å². The van der Waals surface area contributed by atoms with Crippen LogP contribution < -0.4 is 10.0 Å². The lowest BCUT2D eigenvalue weighted by molar-refractivity contribution is -0.123. The third-order valence-corrected chi connectivity index (χ3v) is 6.32. The van der Waals surface area contributed by atoms with E-state index in [-0.39, 0.29) is 16.7 Å². The SMILES string of the molecule is CCN(CC)CCNC(=O)[C@@H](NS(=O)(=O)c1ccc2ccccc2c1)C(C)C. The molecule has 0 bridgehead atoms. The van der Waals surface area contributed by atoms with Crippen LogP contribution in [0.4, 0.5) is 0 Å². The fourth-order valence-electron chi connectivity index (χ4n) is 3.05.